The number of allylic oxidation sites excluding steroid dienone is 1. The highest BCUT2D eigenvalue weighted by molar-refractivity contribution is 5.80. The lowest BCUT2D eigenvalue weighted by molar-refractivity contribution is -0.145. The summed E-state index contributed by atoms with van der Waals surface area (Å²) in [5.74, 6) is -1.04. The van der Waals surface area contributed by atoms with E-state index in [0.717, 1.165) is 25.7 Å². The molecule has 0 saturated carbocycles. The van der Waals surface area contributed by atoms with E-state index in [2.05, 4.69) is 6.08 Å². The van der Waals surface area contributed by atoms with Gasteiger partial charge in [0, 0.05) is 32.5 Å². The quantitative estimate of drug-likeness (QED) is 0.781. The predicted molar refractivity (Wildman–Crippen MR) is 90.4 cm³/mol. The molecular formula is C18H28N2O4. The number of rotatable bonds is 5. The first-order valence-electron chi connectivity index (χ1n) is 8.92. The van der Waals surface area contributed by atoms with Gasteiger partial charge in [-0.1, -0.05) is 11.6 Å². The molecule has 0 aromatic heterocycles. The Labute approximate surface area is 143 Å². The number of nitrogens with zero attached hydrogens (tertiary/aromatic N) is 2. The molecule has 1 aliphatic carbocycles. The fraction of sp³-hybridized carbons (Fsp3) is 0.722. The molecule has 6 heteroatoms. The molecule has 1 saturated heterocycles. The highest BCUT2D eigenvalue weighted by atomic mass is 16.4. The van der Waals surface area contributed by atoms with Crippen molar-refractivity contribution >= 4 is 17.8 Å². The van der Waals surface area contributed by atoms with Crippen LogP contribution in [-0.4, -0.2) is 58.4 Å². The summed E-state index contributed by atoms with van der Waals surface area (Å²) in [4.78, 5) is 38.5. The van der Waals surface area contributed by atoms with Crippen LogP contribution in [0.5, 0.6) is 0 Å². The van der Waals surface area contributed by atoms with Gasteiger partial charge in [0.25, 0.3) is 0 Å². The molecular weight excluding hydrogens is 308 g/mol. The van der Waals surface area contributed by atoms with Gasteiger partial charge in [0.15, 0.2) is 0 Å². The van der Waals surface area contributed by atoms with E-state index in [1.807, 2.05) is 4.90 Å². The SMILES string of the molecule is CC(=O)N(CC(=O)O)C1CCCN(C(=O)CC2=CCCCC2)CC1. The van der Waals surface area contributed by atoms with Crippen molar-refractivity contribution in [1.29, 1.82) is 0 Å². The Morgan fingerprint density at radius 2 is 2.00 bits per heavy atom. The topological polar surface area (TPSA) is 77.9 Å². The number of likely N-dealkylation sites (tertiary alicyclic amines) is 1. The Morgan fingerprint density at radius 1 is 1.21 bits per heavy atom. The fourth-order valence-corrected chi connectivity index (χ4v) is 3.65. The van der Waals surface area contributed by atoms with Crippen LogP contribution in [0.1, 0.15) is 58.3 Å². The molecule has 1 aliphatic heterocycles. The molecule has 0 radical (unpaired) electrons. The minimum Gasteiger partial charge on any atom is -0.480 e. The van der Waals surface area contributed by atoms with E-state index in [1.54, 1.807) is 0 Å². The van der Waals surface area contributed by atoms with Crippen LogP contribution >= 0.6 is 0 Å². The summed E-state index contributed by atoms with van der Waals surface area (Å²) in [5, 5.41) is 8.99. The average molecular weight is 336 g/mol. The van der Waals surface area contributed by atoms with Gasteiger partial charge in [0.05, 0.1) is 0 Å². The summed E-state index contributed by atoms with van der Waals surface area (Å²) in [6.07, 6.45) is 9.41. The van der Waals surface area contributed by atoms with Crippen LogP contribution in [0.15, 0.2) is 11.6 Å². The van der Waals surface area contributed by atoms with Crippen LogP contribution in [0.25, 0.3) is 0 Å². The number of carboxylic acid groups (broad SMARTS) is 1. The molecule has 134 valence electrons. The van der Waals surface area contributed by atoms with E-state index < -0.39 is 5.97 Å². The minimum atomic E-state index is -0.994. The molecule has 1 heterocycles. The van der Waals surface area contributed by atoms with Crippen molar-refractivity contribution in [1.82, 2.24) is 9.80 Å². The molecule has 0 bridgehead atoms. The lowest BCUT2D eigenvalue weighted by Gasteiger charge is -2.29. The molecule has 0 spiro atoms. The monoisotopic (exact) mass is 336 g/mol. The largest absolute Gasteiger partial charge is 0.480 e. The average Bonchev–Trinajstić information content (AvgIpc) is 2.79. The van der Waals surface area contributed by atoms with Gasteiger partial charge < -0.3 is 14.9 Å². The molecule has 2 aliphatic rings. The summed E-state index contributed by atoms with van der Waals surface area (Å²) in [5.41, 5.74) is 1.25. The number of aliphatic carboxylic acids is 1. The van der Waals surface area contributed by atoms with E-state index in [4.69, 9.17) is 5.11 Å². The number of carbonyl (C=O) groups is 3. The van der Waals surface area contributed by atoms with Crippen LogP contribution < -0.4 is 0 Å². The highest BCUT2D eigenvalue weighted by Gasteiger charge is 2.27. The molecule has 6 nitrogen and oxygen atoms in total. The normalized spacial score (nSPS) is 21.6. The van der Waals surface area contributed by atoms with Gasteiger partial charge in [-0.05, 0) is 44.9 Å². The summed E-state index contributed by atoms with van der Waals surface area (Å²) < 4.78 is 0. The van der Waals surface area contributed by atoms with E-state index in [0.29, 0.717) is 25.9 Å². The van der Waals surface area contributed by atoms with Gasteiger partial charge in [0.2, 0.25) is 11.8 Å². The summed E-state index contributed by atoms with van der Waals surface area (Å²) in [6.45, 7) is 2.44. The predicted octanol–water partition coefficient (Wildman–Crippen LogP) is 2.19. The first-order valence-corrected chi connectivity index (χ1v) is 8.92. The summed E-state index contributed by atoms with van der Waals surface area (Å²) >= 11 is 0. The van der Waals surface area contributed by atoms with Crippen molar-refractivity contribution < 1.29 is 19.5 Å². The van der Waals surface area contributed by atoms with E-state index in [-0.39, 0.29) is 24.4 Å². The number of amides is 2. The third kappa shape index (κ3) is 5.35. The number of carbonyl (C=O) groups excluding carboxylic acids is 2. The van der Waals surface area contributed by atoms with Crippen molar-refractivity contribution in [3.63, 3.8) is 0 Å². The summed E-state index contributed by atoms with van der Waals surface area (Å²) in [6, 6.07) is -0.0923. The molecule has 1 N–H and O–H groups in total. The Hall–Kier alpha value is -1.85. The van der Waals surface area contributed by atoms with Crippen molar-refractivity contribution in [2.75, 3.05) is 19.6 Å². The van der Waals surface area contributed by atoms with Gasteiger partial charge in [-0.2, -0.15) is 0 Å². The van der Waals surface area contributed by atoms with Crippen LogP contribution in [0.3, 0.4) is 0 Å². The van der Waals surface area contributed by atoms with E-state index in [1.165, 1.54) is 30.2 Å². The maximum absolute atomic E-state index is 12.5. The zero-order chi connectivity index (χ0) is 17.5. The molecule has 1 unspecified atom stereocenters. The Balaban J connectivity index is 1.91. The maximum Gasteiger partial charge on any atom is 0.323 e. The van der Waals surface area contributed by atoms with Gasteiger partial charge in [-0.25, -0.2) is 0 Å². The molecule has 0 aromatic rings. The molecule has 1 fully saturated rings. The number of carboxylic acids is 1. The van der Waals surface area contributed by atoms with Gasteiger partial charge in [-0.15, -0.1) is 0 Å². The van der Waals surface area contributed by atoms with Gasteiger partial charge >= 0.3 is 5.97 Å². The summed E-state index contributed by atoms with van der Waals surface area (Å²) in [7, 11) is 0. The van der Waals surface area contributed by atoms with Crippen LogP contribution in [0.4, 0.5) is 0 Å². The second kappa shape index (κ2) is 8.85. The fourth-order valence-electron chi connectivity index (χ4n) is 3.65. The van der Waals surface area contributed by atoms with Crippen molar-refractivity contribution in [3.8, 4) is 0 Å². The molecule has 2 rings (SSSR count). The molecule has 2 amide bonds. The van der Waals surface area contributed by atoms with Crippen LogP contribution in [0.2, 0.25) is 0 Å². The van der Waals surface area contributed by atoms with Crippen molar-refractivity contribution in [3.05, 3.63) is 11.6 Å². The van der Waals surface area contributed by atoms with Gasteiger partial charge in [0.1, 0.15) is 6.54 Å². The number of hydrogen-bond donors (Lipinski definition) is 1. The van der Waals surface area contributed by atoms with Gasteiger partial charge in [-0.3, -0.25) is 14.4 Å². The van der Waals surface area contributed by atoms with E-state index >= 15 is 0 Å². The Bertz CT molecular complexity index is 515. The minimum absolute atomic E-state index is 0.0923. The molecule has 1 atom stereocenters. The highest BCUT2D eigenvalue weighted by Crippen LogP contribution is 2.23. The van der Waals surface area contributed by atoms with Crippen LogP contribution in [0, 0.1) is 0 Å². The van der Waals surface area contributed by atoms with Crippen molar-refractivity contribution in [2.24, 2.45) is 0 Å². The zero-order valence-electron chi connectivity index (χ0n) is 14.5. The second-order valence-electron chi connectivity index (χ2n) is 6.79. The maximum atomic E-state index is 12.5. The first kappa shape index (κ1) is 18.5. The zero-order valence-corrected chi connectivity index (χ0v) is 14.5. The second-order valence-corrected chi connectivity index (χ2v) is 6.79. The first-order chi connectivity index (χ1) is 11.5. The standard InChI is InChI=1S/C18H28N2O4/c1-14(21)20(13-18(23)24)16-8-5-10-19(11-9-16)17(22)12-15-6-3-2-4-7-15/h6,16H,2-5,7-13H2,1H3,(H,23,24). The molecule has 0 aromatic carbocycles. The Morgan fingerprint density at radius 3 is 2.62 bits per heavy atom. The lowest BCUT2D eigenvalue weighted by Crippen LogP contribution is -2.43. The number of hydrogen-bond acceptors (Lipinski definition) is 3. The molecule has 24 heavy (non-hydrogen) atoms. The lowest BCUT2D eigenvalue weighted by atomic mass is 9.97. The third-order valence-corrected chi connectivity index (χ3v) is 4.96. The third-order valence-electron chi connectivity index (χ3n) is 4.96. The van der Waals surface area contributed by atoms with E-state index in [9.17, 15) is 14.4 Å². The Kier molecular flexibility index (Phi) is 6.82. The van der Waals surface area contributed by atoms with Crippen LogP contribution in [-0.2, 0) is 14.4 Å². The smallest absolute Gasteiger partial charge is 0.323 e. The van der Waals surface area contributed by atoms with Crippen molar-refractivity contribution in [2.45, 2.75) is 64.3 Å².